The Morgan fingerprint density at radius 2 is 2.09 bits per heavy atom. The van der Waals surface area contributed by atoms with E-state index in [4.69, 9.17) is 14.9 Å². The second-order valence-electron chi connectivity index (χ2n) is 8.89. The van der Waals surface area contributed by atoms with Gasteiger partial charge < -0.3 is 19.8 Å². The highest BCUT2D eigenvalue weighted by Crippen LogP contribution is 2.29. The van der Waals surface area contributed by atoms with Gasteiger partial charge in [-0.25, -0.2) is 9.97 Å². The number of aromatic nitrogens is 3. The van der Waals surface area contributed by atoms with E-state index in [0.717, 1.165) is 36.3 Å². The molecule has 2 N–H and O–H groups in total. The van der Waals surface area contributed by atoms with Gasteiger partial charge in [-0.1, -0.05) is 6.92 Å². The van der Waals surface area contributed by atoms with E-state index in [1.807, 2.05) is 18.2 Å². The minimum Gasteiger partial charge on any atom is -0.481 e. The first-order valence-electron chi connectivity index (χ1n) is 11.4. The molecule has 4 aromatic rings. The standard InChI is InChI=1S/C26H27N5O3/c1-16-9-19(27)15-31(14-16)22-7-8-28-12-18(22)10-23(32)20-4-5-24-21(30-20)11-25(34-24)17-3-6-26(33-2)29-13-17/h3-8,11-13,16,19H,9-10,14-15,27H2,1-2H3/t16-,19+/m1/s1. The molecule has 174 valence electrons. The number of ketones is 1. The van der Waals surface area contributed by atoms with Crippen molar-refractivity contribution in [1.82, 2.24) is 15.0 Å². The van der Waals surface area contributed by atoms with Gasteiger partial charge in [0.15, 0.2) is 11.4 Å². The van der Waals surface area contributed by atoms with Crippen LogP contribution in [0.3, 0.4) is 0 Å². The lowest BCUT2D eigenvalue weighted by Gasteiger charge is -2.37. The summed E-state index contributed by atoms with van der Waals surface area (Å²) >= 11 is 0. The predicted octanol–water partition coefficient (Wildman–Crippen LogP) is 3.89. The van der Waals surface area contributed by atoms with E-state index in [-0.39, 0.29) is 18.2 Å². The van der Waals surface area contributed by atoms with E-state index in [9.17, 15) is 4.79 Å². The maximum absolute atomic E-state index is 13.2. The second kappa shape index (κ2) is 9.23. The minimum atomic E-state index is -0.0700. The van der Waals surface area contributed by atoms with Crippen molar-refractivity contribution in [3.05, 3.63) is 66.2 Å². The number of rotatable bonds is 6. The Kier molecular flexibility index (Phi) is 5.98. The number of pyridine rings is 3. The summed E-state index contributed by atoms with van der Waals surface area (Å²) < 4.78 is 11.0. The summed E-state index contributed by atoms with van der Waals surface area (Å²) in [5, 5.41) is 0. The highest BCUT2D eigenvalue weighted by atomic mass is 16.5. The number of Topliss-reactive ketones (excluding diaryl/α,β-unsaturated/α-hetero) is 1. The molecule has 34 heavy (non-hydrogen) atoms. The lowest BCUT2D eigenvalue weighted by Crippen LogP contribution is -2.46. The largest absolute Gasteiger partial charge is 0.481 e. The van der Waals surface area contributed by atoms with Gasteiger partial charge in [0.25, 0.3) is 0 Å². The first-order chi connectivity index (χ1) is 16.5. The summed E-state index contributed by atoms with van der Waals surface area (Å²) in [7, 11) is 1.57. The number of hydrogen-bond acceptors (Lipinski definition) is 8. The van der Waals surface area contributed by atoms with E-state index in [2.05, 4.69) is 26.8 Å². The molecule has 0 bridgehead atoms. The predicted molar refractivity (Wildman–Crippen MR) is 130 cm³/mol. The normalized spacial score (nSPS) is 18.3. The Hall–Kier alpha value is -3.78. The number of piperidine rings is 1. The molecule has 0 aliphatic carbocycles. The number of carbonyl (C=O) groups is 1. The third-order valence-corrected chi connectivity index (χ3v) is 6.15. The fraction of sp³-hybridized carbons (Fsp3) is 0.308. The van der Waals surface area contributed by atoms with Gasteiger partial charge in [0, 0.05) is 73.1 Å². The van der Waals surface area contributed by atoms with Crippen molar-refractivity contribution < 1.29 is 13.9 Å². The third-order valence-electron chi connectivity index (χ3n) is 6.15. The molecule has 8 nitrogen and oxygen atoms in total. The molecule has 0 aromatic carbocycles. The van der Waals surface area contributed by atoms with Gasteiger partial charge in [0.1, 0.15) is 17.0 Å². The maximum Gasteiger partial charge on any atom is 0.212 e. The smallest absolute Gasteiger partial charge is 0.212 e. The van der Waals surface area contributed by atoms with E-state index < -0.39 is 0 Å². The molecule has 2 atom stereocenters. The first-order valence-corrected chi connectivity index (χ1v) is 11.4. The van der Waals surface area contributed by atoms with Gasteiger partial charge in [-0.15, -0.1) is 0 Å². The van der Waals surface area contributed by atoms with Crippen LogP contribution < -0.4 is 15.4 Å². The van der Waals surface area contributed by atoms with Gasteiger partial charge in [0.05, 0.1) is 7.11 Å². The molecule has 0 spiro atoms. The van der Waals surface area contributed by atoms with Crippen LogP contribution in [0.5, 0.6) is 5.88 Å². The second-order valence-corrected chi connectivity index (χ2v) is 8.89. The molecular formula is C26H27N5O3. The number of fused-ring (bicyclic) bond motifs is 1. The van der Waals surface area contributed by atoms with Crippen molar-refractivity contribution in [1.29, 1.82) is 0 Å². The number of ether oxygens (including phenoxy) is 1. The number of nitrogens with zero attached hydrogens (tertiary/aromatic N) is 4. The summed E-state index contributed by atoms with van der Waals surface area (Å²) in [6, 6.07) is 11.0. The Morgan fingerprint density at radius 3 is 2.85 bits per heavy atom. The van der Waals surface area contributed by atoms with E-state index in [1.54, 1.807) is 43.9 Å². The quantitative estimate of drug-likeness (QED) is 0.435. The zero-order chi connectivity index (χ0) is 23.7. The first kappa shape index (κ1) is 22.0. The third kappa shape index (κ3) is 4.49. The molecule has 1 aliphatic heterocycles. The molecule has 0 radical (unpaired) electrons. The Morgan fingerprint density at radius 1 is 1.21 bits per heavy atom. The van der Waals surface area contributed by atoms with Crippen molar-refractivity contribution in [2.45, 2.75) is 25.8 Å². The number of carbonyl (C=O) groups excluding carboxylic acids is 1. The van der Waals surface area contributed by atoms with Gasteiger partial charge in [-0.2, -0.15) is 0 Å². The van der Waals surface area contributed by atoms with Crippen LogP contribution in [0.1, 0.15) is 29.4 Å². The number of anilines is 1. The monoisotopic (exact) mass is 457 g/mol. The molecular weight excluding hydrogens is 430 g/mol. The maximum atomic E-state index is 13.2. The molecule has 8 heteroatoms. The van der Waals surface area contributed by atoms with Crippen molar-refractivity contribution in [3.63, 3.8) is 0 Å². The van der Waals surface area contributed by atoms with Crippen LogP contribution in [-0.4, -0.2) is 47.0 Å². The molecule has 1 aliphatic rings. The molecule has 0 amide bonds. The average molecular weight is 458 g/mol. The summed E-state index contributed by atoms with van der Waals surface area (Å²) in [5.74, 6) is 1.59. The van der Waals surface area contributed by atoms with Crippen LogP contribution >= 0.6 is 0 Å². The van der Waals surface area contributed by atoms with Gasteiger partial charge in [-0.05, 0) is 36.6 Å². The van der Waals surface area contributed by atoms with E-state index >= 15 is 0 Å². The fourth-order valence-corrected chi connectivity index (χ4v) is 4.59. The van der Waals surface area contributed by atoms with Crippen LogP contribution in [0, 0.1) is 5.92 Å². The van der Waals surface area contributed by atoms with Crippen LogP contribution in [-0.2, 0) is 6.42 Å². The van der Waals surface area contributed by atoms with Crippen LogP contribution in [0.25, 0.3) is 22.4 Å². The van der Waals surface area contributed by atoms with E-state index in [1.165, 1.54) is 0 Å². The molecule has 5 rings (SSSR count). The van der Waals surface area contributed by atoms with Crippen molar-refractivity contribution in [3.8, 4) is 17.2 Å². The van der Waals surface area contributed by atoms with Crippen molar-refractivity contribution in [2.24, 2.45) is 11.7 Å². The molecule has 1 fully saturated rings. The minimum absolute atomic E-state index is 0.0700. The number of furan rings is 1. The van der Waals surface area contributed by atoms with Crippen LogP contribution in [0.2, 0.25) is 0 Å². The summed E-state index contributed by atoms with van der Waals surface area (Å²) in [6.45, 7) is 3.90. The fourth-order valence-electron chi connectivity index (χ4n) is 4.59. The molecule has 0 saturated carbocycles. The molecule has 1 saturated heterocycles. The van der Waals surface area contributed by atoms with Crippen molar-refractivity contribution >= 4 is 22.6 Å². The molecule has 4 aromatic heterocycles. The summed E-state index contributed by atoms with van der Waals surface area (Å²) in [6.07, 6.45) is 6.44. The summed E-state index contributed by atoms with van der Waals surface area (Å²) in [5.41, 5.74) is 10.6. The number of nitrogens with two attached hydrogens (primary N) is 1. The van der Waals surface area contributed by atoms with Crippen LogP contribution in [0.15, 0.2) is 59.4 Å². The highest BCUT2D eigenvalue weighted by Gasteiger charge is 2.25. The average Bonchev–Trinajstić information content (AvgIpc) is 3.27. The molecule has 5 heterocycles. The van der Waals surface area contributed by atoms with E-state index in [0.29, 0.717) is 34.4 Å². The Bertz CT molecular complexity index is 1310. The zero-order valence-electron chi connectivity index (χ0n) is 19.3. The number of hydrogen-bond donors (Lipinski definition) is 1. The topological polar surface area (TPSA) is 107 Å². The van der Waals surface area contributed by atoms with Gasteiger partial charge in [-0.3, -0.25) is 9.78 Å². The number of methoxy groups -OCH3 is 1. The molecule has 0 unspecified atom stereocenters. The van der Waals surface area contributed by atoms with Gasteiger partial charge in [0.2, 0.25) is 5.88 Å². The lowest BCUT2D eigenvalue weighted by atomic mass is 9.95. The highest BCUT2D eigenvalue weighted by molar-refractivity contribution is 5.98. The Labute approximate surface area is 197 Å². The Balaban J connectivity index is 1.38. The van der Waals surface area contributed by atoms with Gasteiger partial charge >= 0.3 is 0 Å². The zero-order valence-corrected chi connectivity index (χ0v) is 19.3. The lowest BCUT2D eigenvalue weighted by molar-refractivity contribution is 0.0988. The summed E-state index contributed by atoms with van der Waals surface area (Å²) in [4.78, 5) is 28.5. The SMILES string of the molecule is COc1ccc(-c2cc3nc(C(=O)Cc4cnccc4N4C[C@H](C)C[C@H](N)C4)ccc3o2)cn1. The van der Waals surface area contributed by atoms with Crippen molar-refractivity contribution in [2.75, 3.05) is 25.1 Å². The van der Waals surface area contributed by atoms with Crippen LogP contribution in [0.4, 0.5) is 5.69 Å².